The molecule has 2 aliphatic rings. The van der Waals surface area contributed by atoms with E-state index in [2.05, 4.69) is 16.6 Å². The molecule has 1 fully saturated rings. The van der Waals surface area contributed by atoms with Crippen molar-refractivity contribution in [2.45, 2.75) is 31.5 Å². The fraction of sp³-hybridized carbons (Fsp3) is 0.647. The van der Waals surface area contributed by atoms with E-state index >= 15 is 0 Å². The zero-order valence-electron chi connectivity index (χ0n) is 14.7. The van der Waals surface area contributed by atoms with Gasteiger partial charge in [0.25, 0.3) is 0 Å². The lowest BCUT2D eigenvalue weighted by atomic mass is 9.97. The summed E-state index contributed by atoms with van der Waals surface area (Å²) in [6.07, 6.45) is 1.59. The van der Waals surface area contributed by atoms with Crippen molar-refractivity contribution in [1.29, 1.82) is 0 Å². The molecule has 146 valence electrons. The molecule has 0 saturated heterocycles. The molecule has 1 saturated carbocycles. The molecule has 9 heteroatoms. The lowest BCUT2D eigenvalue weighted by molar-refractivity contribution is -0.192. The summed E-state index contributed by atoms with van der Waals surface area (Å²) < 4.78 is 39.7. The normalized spacial score (nSPS) is 20.1. The molecule has 0 aromatic carbocycles. The van der Waals surface area contributed by atoms with Crippen LogP contribution in [-0.4, -0.2) is 58.2 Å². The predicted molar refractivity (Wildman–Crippen MR) is 88.7 cm³/mol. The highest BCUT2D eigenvalue weighted by molar-refractivity contribution is 5.73. The van der Waals surface area contributed by atoms with Crippen LogP contribution in [0.5, 0.6) is 0 Å². The van der Waals surface area contributed by atoms with Gasteiger partial charge in [0.15, 0.2) is 0 Å². The molecule has 1 aromatic rings. The summed E-state index contributed by atoms with van der Waals surface area (Å²) in [6.45, 7) is 8.56. The maximum atomic E-state index is 10.6. The van der Waals surface area contributed by atoms with Crippen LogP contribution in [0.15, 0.2) is 18.9 Å². The number of nitrogens with zero attached hydrogens (tertiary/aromatic N) is 3. The monoisotopic (exact) mass is 375 g/mol. The molecule has 0 bridgehead atoms. The SMILES string of the molecule is C=CCN1Cc2cnn(C)c2C(COCC2CC2)C1.O=C(O)C(F)(F)F. The van der Waals surface area contributed by atoms with E-state index in [-0.39, 0.29) is 0 Å². The Hall–Kier alpha value is -1.87. The van der Waals surface area contributed by atoms with Crippen LogP contribution in [0.4, 0.5) is 13.2 Å². The maximum absolute atomic E-state index is 10.6. The summed E-state index contributed by atoms with van der Waals surface area (Å²) in [4.78, 5) is 11.3. The molecule has 0 spiro atoms. The van der Waals surface area contributed by atoms with E-state index in [0.717, 1.165) is 38.8 Å². The Balaban J connectivity index is 0.000000298. The molecule has 1 aromatic heterocycles. The number of ether oxygens (including phenoxy) is 1. The Kier molecular flexibility index (Phi) is 6.82. The summed E-state index contributed by atoms with van der Waals surface area (Å²) in [7, 11) is 2.04. The molecule has 1 unspecified atom stereocenters. The molecule has 0 radical (unpaired) electrons. The number of aliphatic carboxylic acids is 1. The van der Waals surface area contributed by atoms with Crippen LogP contribution in [-0.2, 0) is 23.1 Å². The highest BCUT2D eigenvalue weighted by Gasteiger charge is 2.38. The van der Waals surface area contributed by atoms with Gasteiger partial charge in [-0.15, -0.1) is 6.58 Å². The number of aryl methyl sites for hydroxylation is 1. The summed E-state index contributed by atoms with van der Waals surface area (Å²) in [5.41, 5.74) is 2.70. The highest BCUT2D eigenvalue weighted by atomic mass is 19.4. The first-order valence-corrected chi connectivity index (χ1v) is 8.44. The summed E-state index contributed by atoms with van der Waals surface area (Å²) >= 11 is 0. The third-order valence-corrected chi connectivity index (χ3v) is 4.32. The first-order chi connectivity index (χ1) is 12.2. The topological polar surface area (TPSA) is 67.6 Å². The molecule has 3 rings (SSSR count). The molecule has 2 heterocycles. The fourth-order valence-corrected chi connectivity index (χ4v) is 2.96. The van der Waals surface area contributed by atoms with Crippen LogP contribution >= 0.6 is 0 Å². The van der Waals surface area contributed by atoms with Crippen molar-refractivity contribution in [2.24, 2.45) is 13.0 Å². The van der Waals surface area contributed by atoms with Gasteiger partial charge < -0.3 is 9.84 Å². The van der Waals surface area contributed by atoms with Gasteiger partial charge in [0.1, 0.15) is 0 Å². The number of carboxylic acids is 1. The van der Waals surface area contributed by atoms with Crippen LogP contribution in [0, 0.1) is 5.92 Å². The zero-order chi connectivity index (χ0) is 19.3. The third-order valence-electron chi connectivity index (χ3n) is 4.32. The van der Waals surface area contributed by atoms with E-state index in [1.54, 1.807) is 0 Å². The Labute approximate surface area is 150 Å². The number of fused-ring (bicyclic) bond motifs is 1. The minimum absolute atomic E-state index is 0.440. The number of halogens is 3. The van der Waals surface area contributed by atoms with Gasteiger partial charge in [0.2, 0.25) is 0 Å². The molecule has 1 aliphatic heterocycles. The van der Waals surface area contributed by atoms with Gasteiger partial charge in [-0.2, -0.15) is 18.3 Å². The van der Waals surface area contributed by atoms with Crippen molar-refractivity contribution in [1.82, 2.24) is 14.7 Å². The van der Waals surface area contributed by atoms with E-state index in [0.29, 0.717) is 5.92 Å². The average molecular weight is 375 g/mol. The van der Waals surface area contributed by atoms with Gasteiger partial charge in [-0.25, -0.2) is 4.79 Å². The average Bonchev–Trinajstić information content (AvgIpc) is 3.30. The van der Waals surface area contributed by atoms with E-state index in [1.807, 2.05) is 24.0 Å². The van der Waals surface area contributed by atoms with E-state index in [4.69, 9.17) is 14.6 Å². The van der Waals surface area contributed by atoms with Gasteiger partial charge in [0.05, 0.1) is 12.8 Å². The van der Waals surface area contributed by atoms with Crippen LogP contribution in [0.1, 0.15) is 30.0 Å². The van der Waals surface area contributed by atoms with E-state index in [9.17, 15) is 13.2 Å². The number of hydrogen-bond acceptors (Lipinski definition) is 4. The number of carboxylic acid groups (broad SMARTS) is 1. The van der Waals surface area contributed by atoms with Crippen molar-refractivity contribution in [3.8, 4) is 0 Å². The van der Waals surface area contributed by atoms with Crippen molar-refractivity contribution < 1.29 is 27.8 Å². The largest absolute Gasteiger partial charge is 0.490 e. The number of carbonyl (C=O) groups is 1. The summed E-state index contributed by atoms with van der Waals surface area (Å²) in [6, 6.07) is 0. The van der Waals surface area contributed by atoms with Crippen LogP contribution < -0.4 is 0 Å². The summed E-state index contributed by atoms with van der Waals surface area (Å²) in [5, 5.41) is 11.5. The maximum Gasteiger partial charge on any atom is 0.490 e. The Bertz CT molecular complexity index is 627. The molecular formula is C17H24F3N3O3. The number of rotatable bonds is 6. The molecule has 26 heavy (non-hydrogen) atoms. The van der Waals surface area contributed by atoms with Gasteiger partial charge in [0, 0.05) is 50.5 Å². The van der Waals surface area contributed by atoms with E-state index in [1.165, 1.54) is 24.1 Å². The highest BCUT2D eigenvalue weighted by Crippen LogP contribution is 2.31. The molecule has 1 aliphatic carbocycles. The van der Waals surface area contributed by atoms with Crippen LogP contribution in [0.2, 0.25) is 0 Å². The van der Waals surface area contributed by atoms with E-state index < -0.39 is 12.1 Å². The smallest absolute Gasteiger partial charge is 0.475 e. The molecule has 6 nitrogen and oxygen atoms in total. The standard InChI is InChI=1S/C15H23N3O.C2HF3O2/c1-3-6-18-8-13-7-16-17(2)15(13)14(9-18)11-19-10-12-4-5-12;3-2(4,5)1(6)7/h3,7,12,14H,1,4-6,8-11H2,2H3;(H,6,7). The first-order valence-electron chi connectivity index (χ1n) is 8.44. The van der Waals surface area contributed by atoms with Crippen LogP contribution in [0.25, 0.3) is 0 Å². The predicted octanol–water partition coefficient (Wildman–Crippen LogP) is 2.57. The number of aromatic nitrogens is 2. The molecular weight excluding hydrogens is 351 g/mol. The zero-order valence-corrected chi connectivity index (χ0v) is 14.7. The Morgan fingerprint density at radius 2 is 2.12 bits per heavy atom. The lowest BCUT2D eigenvalue weighted by Crippen LogP contribution is -2.36. The quantitative estimate of drug-likeness (QED) is 0.774. The fourth-order valence-electron chi connectivity index (χ4n) is 2.96. The molecule has 0 amide bonds. The van der Waals surface area contributed by atoms with Crippen molar-refractivity contribution in [3.63, 3.8) is 0 Å². The van der Waals surface area contributed by atoms with Gasteiger partial charge in [-0.3, -0.25) is 9.58 Å². The van der Waals surface area contributed by atoms with Crippen molar-refractivity contribution in [3.05, 3.63) is 30.1 Å². The first kappa shape index (κ1) is 20.4. The van der Waals surface area contributed by atoms with Gasteiger partial charge >= 0.3 is 12.1 Å². The minimum atomic E-state index is -5.08. The van der Waals surface area contributed by atoms with Crippen molar-refractivity contribution >= 4 is 5.97 Å². The number of hydrogen-bond donors (Lipinski definition) is 1. The lowest BCUT2D eigenvalue weighted by Gasteiger charge is -2.32. The summed E-state index contributed by atoms with van der Waals surface area (Å²) in [5.74, 6) is -1.48. The van der Waals surface area contributed by atoms with Crippen molar-refractivity contribution in [2.75, 3.05) is 26.3 Å². The minimum Gasteiger partial charge on any atom is -0.475 e. The second-order valence-electron chi connectivity index (χ2n) is 6.64. The third kappa shape index (κ3) is 5.84. The van der Waals surface area contributed by atoms with Crippen LogP contribution in [0.3, 0.4) is 0 Å². The second kappa shape index (κ2) is 8.68. The second-order valence-corrected chi connectivity index (χ2v) is 6.64. The van der Waals surface area contributed by atoms with Gasteiger partial charge in [-0.1, -0.05) is 6.08 Å². The Morgan fingerprint density at radius 1 is 1.46 bits per heavy atom. The van der Waals surface area contributed by atoms with Gasteiger partial charge in [-0.05, 0) is 18.8 Å². The number of alkyl halides is 3. The molecule has 1 atom stereocenters. The Morgan fingerprint density at radius 3 is 2.65 bits per heavy atom. The molecule has 1 N–H and O–H groups in total.